The number of fused-ring (bicyclic) bond motifs is 2. The lowest BCUT2D eigenvalue weighted by molar-refractivity contribution is -0.113. The summed E-state index contributed by atoms with van der Waals surface area (Å²) in [5.74, 6) is -0.190. The Labute approximate surface area is 234 Å². The number of ketones is 2. The summed E-state index contributed by atoms with van der Waals surface area (Å²) in [5, 5.41) is 5.63. The third-order valence-electron chi connectivity index (χ3n) is 6.33. The van der Waals surface area contributed by atoms with Gasteiger partial charge in [0.05, 0.1) is 31.2 Å². The molecule has 2 amide bonds. The molecule has 0 aromatic heterocycles. The number of nitrogens with one attached hydrogen (secondary N) is 2. The Kier molecular flexibility index (Phi) is 7.65. The summed E-state index contributed by atoms with van der Waals surface area (Å²) in [7, 11) is 3.02. The molecule has 0 fully saturated rings. The van der Waals surface area contributed by atoms with E-state index in [0.717, 1.165) is 4.90 Å². The predicted octanol–water partition coefficient (Wildman–Crippen LogP) is 5.46. The summed E-state index contributed by atoms with van der Waals surface area (Å²) in [6, 6.07) is 23.5. The highest BCUT2D eigenvalue weighted by atomic mass is 32.2. The minimum absolute atomic E-state index is 0.0511. The molecule has 0 atom stereocenters. The zero-order chi connectivity index (χ0) is 28.2. The monoisotopic (exact) mass is 552 g/mol. The van der Waals surface area contributed by atoms with Gasteiger partial charge in [-0.1, -0.05) is 42.5 Å². The maximum atomic E-state index is 13.2. The van der Waals surface area contributed by atoms with Crippen LogP contribution < -0.4 is 20.1 Å². The molecule has 0 bridgehead atoms. The fraction of sp³-hybridized carbons (Fsp3) is 0.0968. The topological polar surface area (TPSA) is 111 Å². The van der Waals surface area contributed by atoms with E-state index in [9.17, 15) is 19.2 Å². The molecule has 1 aliphatic carbocycles. The minimum Gasteiger partial charge on any atom is -0.493 e. The first-order valence-corrected chi connectivity index (χ1v) is 13.3. The minimum atomic E-state index is -0.336. The SMILES string of the molecule is COc1ccc(C(=O)Nc2cccc(SCC(=O)Nc3cccc4c3C(=O)c3ccccc3C4=O)c2)cc1OC. The van der Waals surface area contributed by atoms with Crippen LogP contribution in [0, 0.1) is 0 Å². The number of benzene rings is 4. The maximum Gasteiger partial charge on any atom is 0.255 e. The van der Waals surface area contributed by atoms with Gasteiger partial charge in [-0.2, -0.15) is 0 Å². The molecule has 2 N–H and O–H groups in total. The number of carbonyl (C=O) groups excluding carboxylic acids is 4. The van der Waals surface area contributed by atoms with Gasteiger partial charge < -0.3 is 20.1 Å². The molecule has 4 aromatic rings. The molecule has 0 spiro atoms. The first-order valence-electron chi connectivity index (χ1n) is 12.3. The first kappa shape index (κ1) is 26.7. The highest BCUT2D eigenvalue weighted by molar-refractivity contribution is 8.00. The molecule has 200 valence electrons. The number of carbonyl (C=O) groups is 4. The fourth-order valence-corrected chi connectivity index (χ4v) is 5.18. The van der Waals surface area contributed by atoms with Crippen molar-refractivity contribution < 1.29 is 28.7 Å². The van der Waals surface area contributed by atoms with E-state index in [0.29, 0.717) is 39.6 Å². The van der Waals surface area contributed by atoms with Gasteiger partial charge in [-0.25, -0.2) is 0 Å². The molecule has 0 unspecified atom stereocenters. The molecule has 40 heavy (non-hydrogen) atoms. The van der Waals surface area contributed by atoms with Crippen molar-refractivity contribution in [1.29, 1.82) is 0 Å². The van der Waals surface area contributed by atoms with E-state index in [-0.39, 0.29) is 40.3 Å². The Morgan fingerprint density at radius 3 is 2.17 bits per heavy atom. The van der Waals surface area contributed by atoms with Gasteiger partial charge in [-0.05, 0) is 42.5 Å². The standard InChI is InChI=1S/C31H24N2O6S/c1-38-25-14-13-18(15-26(25)39-2)31(37)32-19-7-5-8-20(16-19)40-17-27(34)33-24-12-6-11-23-28(24)30(36)22-10-4-3-9-21(22)29(23)35/h3-16H,17H2,1-2H3,(H,32,37)(H,33,34). The van der Waals surface area contributed by atoms with E-state index >= 15 is 0 Å². The Morgan fingerprint density at radius 2 is 1.43 bits per heavy atom. The fourth-order valence-electron chi connectivity index (χ4n) is 4.43. The van der Waals surface area contributed by atoms with E-state index in [1.54, 1.807) is 78.9 Å². The average molecular weight is 553 g/mol. The first-order chi connectivity index (χ1) is 19.4. The second-order valence-corrected chi connectivity index (χ2v) is 9.87. The van der Waals surface area contributed by atoms with E-state index < -0.39 is 0 Å². The molecule has 1 aliphatic rings. The second kappa shape index (κ2) is 11.5. The number of anilines is 2. The van der Waals surface area contributed by atoms with Crippen LogP contribution >= 0.6 is 11.8 Å². The van der Waals surface area contributed by atoms with Gasteiger partial charge in [0.2, 0.25) is 5.91 Å². The van der Waals surface area contributed by atoms with Crippen LogP contribution in [0.5, 0.6) is 11.5 Å². The summed E-state index contributed by atoms with van der Waals surface area (Å²) >= 11 is 1.27. The number of thioether (sulfide) groups is 1. The Hall–Kier alpha value is -4.89. The van der Waals surface area contributed by atoms with E-state index in [4.69, 9.17) is 9.47 Å². The zero-order valence-electron chi connectivity index (χ0n) is 21.6. The molecule has 8 nitrogen and oxygen atoms in total. The van der Waals surface area contributed by atoms with Crippen molar-refractivity contribution in [2.75, 3.05) is 30.6 Å². The molecule has 5 rings (SSSR count). The van der Waals surface area contributed by atoms with Crippen LogP contribution in [-0.4, -0.2) is 43.4 Å². The Morgan fingerprint density at radius 1 is 0.725 bits per heavy atom. The molecule has 4 aromatic carbocycles. The average Bonchev–Trinajstić information content (AvgIpc) is 2.98. The van der Waals surface area contributed by atoms with Crippen molar-refractivity contribution in [3.05, 3.63) is 113 Å². The van der Waals surface area contributed by atoms with Crippen molar-refractivity contribution >= 4 is 46.5 Å². The van der Waals surface area contributed by atoms with E-state index in [1.165, 1.54) is 26.0 Å². The molecular weight excluding hydrogens is 528 g/mol. The lowest BCUT2D eigenvalue weighted by atomic mass is 9.83. The van der Waals surface area contributed by atoms with E-state index in [2.05, 4.69) is 10.6 Å². The molecule has 0 saturated heterocycles. The number of hydrogen-bond donors (Lipinski definition) is 2. The third-order valence-corrected chi connectivity index (χ3v) is 7.33. The van der Waals surface area contributed by atoms with Crippen LogP contribution in [-0.2, 0) is 4.79 Å². The van der Waals surface area contributed by atoms with Crippen LogP contribution in [0.25, 0.3) is 0 Å². The number of amides is 2. The molecule has 0 radical (unpaired) electrons. The van der Waals surface area contributed by atoms with Gasteiger partial charge in [0, 0.05) is 32.8 Å². The Balaban J connectivity index is 1.25. The normalized spacial score (nSPS) is 11.8. The van der Waals surface area contributed by atoms with Crippen molar-refractivity contribution in [2.45, 2.75) is 4.90 Å². The van der Waals surface area contributed by atoms with Crippen molar-refractivity contribution in [2.24, 2.45) is 0 Å². The predicted molar refractivity (Wildman–Crippen MR) is 153 cm³/mol. The van der Waals surface area contributed by atoms with Gasteiger partial charge in [0.1, 0.15) is 0 Å². The molecule has 9 heteroatoms. The second-order valence-electron chi connectivity index (χ2n) is 8.82. The van der Waals surface area contributed by atoms with Crippen LogP contribution in [0.4, 0.5) is 11.4 Å². The van der Waals surface area contributed by atoms with Crippen molar-refractivity contribution in [1.82, 2.24) is 0 Å². The lowest BCUT2D eigenvalue weighted by Crippen LogP contribution is -2.24. The number of hydrogen-bond acceptors (Lipinski definition) is 7. The van der Waals surface area contributed by atoms with Crippen molar-refractivity contribution in [3.63, 3.8) is 0 Å². The summed E-state index contributed by atoms with van der Waals surface area (Å²) in [6.45, 7) is 0. The largest absolute Gasteiger partial charge is 0.493 e. The zero-order valence-corrected chi connectivity index (χ0v) is 22.5. The third kappa shape index (κ3) is 5.32. The summed E-state index contributed by atoms with van der Waals surface area (Å²) in [4.78, 5) is 52.5. The summed E-state index contributed by atoms with van der Waals surface area (Å²) in [6.07, 6.45) is 0. The quantitative estimate of drug-likeness (QED) is 0.246. The molecule has 0 saturated carbocycles. The number of ether oxygens (including phenoxy) is 2. The van der Waals surface area contributed by atoms with Gasteiger partial charge in [0.25, 0.3) is 5.91 Å². The molecular formula is C31H24N2O6S. The summed E-state index contributed by atoms with van der Waals surface area (Å²) < 4.78 is 10.5. The number of methoxy groups -OCH3 is 2. The van der Waals surface area contributed by atoms with Gasteiger partial charge in [0.15, 0.2) is 23.1 Å². The summed E-state index contributed by atoms with van der Waals surface area (Å²) in [5.41, 5.74) is 2.41. The van der Waals surface area contributed by atoms with Crippen LogP contribution in [0.2, 0.25) is 0 Å². The smallest absolute Gasteiger partial charge is 0.255 e. The van der Waals surface area contributed by atoms with Crippen molar-refractivity contribution in [3.8, 4) is 11.5 Å². The maximum absolute atomic E-state index is 13.2. The van der Waals surface area contributed by atoms with Crippen LogP contribution in [0.3, 0.4) is 0 Å². The van der Waals surface area contributed by atoms with Crippen LogP contribution in [0.15, 0.2) is 89.8 Å². The lowest BCUT2D eigenvalue weighted by Gasteiger charge is -2.20. The van der Waals surface area contributed by atoms with Gasteiger partial charge >= 0.3 is 0 Å². The highest BCUT2D eigenvalue weighted by Crippen LogP contribution is 2.32. The molecule has 0 heterocycles. The highest BCUT2D eigenvalue weighted by Gasteiger charge is 2.31. The van der Waals surface area contributed by atoms with Crippen LogP contribution in [0.1, 0.15) is 42.2 Å². The number of rotatable bonds is 8. The Bertz CT molecular complexity index is 1670. The van der Waals surface area contributed by atoms with E-state index in [1.807, 2.05) is 6.07 Å². The molecule has 0 aliphatic heterocycles. The van der Waals surface area contributed by atoms with Gasteiger partial charge in [-0.3, -0.25) is 19.2 Å². The van der Waals surface area contributed by atoms with Gasteiger partial charge in [-0.15, -0.1) is 11.8 Å².